The summed E-state index contributed by atoms with van der Waals surface area (Å²) in [6, 6.07) is 0.503. The van der Waals surface area contributed by atoms with Gasteiger partial charge in [0.25, 0.3) is 0 Å². The third-order valence-electron chi connectivity index (χ3n) is 3.52. The van der Waals surface area contributed by atoms with Gasteiger partial charge in [-0.2, -0.15) is 0 Å². The van der Waals surface area contributed by atoms with Crippen LogP contribution in [0.15, 0.2) is 0 Å². The molecule has 2 aliphatic carbocycles. The Balaban J connectivity index is 1.75. The monoisotopic (exact) mass is 239 g/mol. The highest BCUT2D eigenvalue weighted by Gasteiger charge is 2.31. The van der Waals surface area contributed by atoms with E-state index < -0.39 is 0 Å². The highest BCUT2D eigenvalue weighted by atomic mass is 16.2. The minimum absolute atomic E-state index is 0.0173. The van der Waals surface area contributed by atoms with Crippen LogP contribution >= 0.6 is 0 Å². The number of likely N-dealkylation sites (N-methyl/N-ethyl adjacent to an activating group) is 1. The predicted molar refractivity (Wildman–Crippen MR) is 64.1 cm³/mol. The summed E-state index contributed by atoms with van der Waals surface area (Å²) in [7, 11) is 1.69. The Bertz CT molecular complexity index is 315. The number of nitrogens with one attached hydrogen (secondary N) is 1. The first kappa shape index (κ1) is 12.4. The minimum Gasteiger partial charge on any atom is -0.352 e. The van der Waals surface area contributed by atoms with E-state index in [4.69, 9.17) is 5.73 Å². The van der Waals surface area contributed by atoms with Crippen molar-refractivity contribution in [3.8, 4) is 0 Å². The lowest BCUT2D eigenvalue weighted by atomic mass is 10.1. The summed E-state index contributed by atoms with van der Waals surface area (Å²) >= 11 is 0. The molecule has 5 nitrogen and oxygen atoms in total. The van der Waals surface area contributed by atoms with Crippen molar-refractivity contribution in [2.75, 3.05) is 13.6 Å². The molecule has 96 valence electrons. The average molecular weight is 239 g/mol. The van der Waals surface area contributed by atoms with Gasteiger partial charge in [-0.25, -0.2) is 0 Å². The van der Waals surface area contributed by atoms with Crippen LogP contribution in [-0.4, -0.2) is 42.4 Å². The van der Waals surface area contributed by atoms with E-state index in [1.54, 1.807) is 7.05 Å². The number of nitrogens with zero attached hydrogens (tertiary/aromatic N) is 1. The Morgan fingerprint density at radius 3 is 2.53 bits per heavy atom. The molecule has 0 spiro atoms. The number of amides is 2. The zero-order chi connectivity index (χ0) is 12.4. The van der Waals surface area contributed by atoms with Crippen molar-refractivity contribution in [1.29, 1.82) is 0 Å². The van der Waals surface area contributed by atoms with Gasteiger partial charge in [0.2, 0.25) is 11.8 Å². The first-order chi connectivity index (χ1) is 8.06. The Kier molecular flexibility index (Phi) is 3.66. The molecule has 2 atom stereocenters. The molecule has 2 unspecified atom stereocenters. The number of rotatable bonds is 4. The van der Waals surface area contributed by atoms with Gasteiger partial charge in [0.1, 0.15) is 0 Å². The van der Waals surface area contributed by atoms with E-state index >= 15 is 0 Å². The molecule has 0 heterocycles. The summed E-state index contributed by atoms with van der Waals surface area (Å²) in [5, 5.41) is 2.88. The van der Waals surface area contributed by atoms with Crippen LogP contribution in [0.2, 0.25) is 0 Å². The zero-order valence-electron chi connectivity index (χ0n) is 10.3. The largest absolute Gasteiger partial charge is 0.352 e. The quantitative estimate of drug-likeness (QED) is 0.716. The van der Waals surface area contributed by atoms with Crippen LogP contribution < -0.4 is 11.1 Å². The zero-order valence-corrected chi connectivity index (χ0v) is 10.3. The van der Waals surface area contributed by atoms with Gasteiger partial charge in [0.05, 0.1) is 6.54 Å². The second-order valence-electron chi connectivity index (χ2n) is 5.31. The molecule has 0 aromatic heterocycles. The second kappa shape index (κ2) is 5.04. The Hall–Kier alpha value is -1.10. The maximum absolute atomic E-state index is 12.0. The number of hydrogen-bond acceptors (Lipinski definition) is 3. The van der Waals surface area contributed by atoms with Gasteiger partial charge >= 0.3 is 0 Å². The molecule has 0 aliphatic heterocycles. The smallest absolute Gasteiger partial charge is 0.239 e. The summed E-state index contributed by atoms with van der Waals surface area (Å²) in [6.07, 6.45) is 4.67. The van der Waals surface area contributed by atoms with Gasteiger partial charge < -0.3 is 16.0 Å². The Labute approximate surface area is 102 Å². The average Bonchev–Trinajstić information content (AvgIpc) is 2.96. The normalized spacial score (nSPS) is 27.9. The maximum atomic E-state index is 12.0. The highest BCUT2D eigenvalue weighted by Crippen LogP contribution is 2.25. The summed E-state index contributed by atoms with van der Waals surface area (Å²) in [4.78, 5) is 25.1. The van der Waals surface area contributed by atoms with Gasteiger partial charge in [-0.3, -0.25) is 9.59 Å². The molecule has 0 saturated heterocycles. The molecule has 0 aromatic rings. The van der Waals surface area contributed by atoms with Crippen LogP contribution in [0.3, 0.4) is 0 Å². The van der Waals surface area contributed by atoms with E-state index in [-0.39, 0.29) is 30.3 Å². The van der Waals surface area contributed by atoms with E-state index in [0.717, 1.165) is 32.1 Å². The molecule has 17 heavy (non-hydrogen) atoms. The van der Waals surface area contributed by atoms with Gasteiger partial charge in [0.15, 0.2) is 0 Å². The fourth-order valence-corrected chi connectivity index (χ4v) is 2.35. The van der Waals surface area contributed by atoms with Gasteiger partial charge in [-0.1, -0.05) is 0 Å². The van der Waals surface area contributed by atoms with E-state index in [9.17, 15) is 9.59 Å². The van der Waals surface area contributed by atoms with Crippen LogP contribution in [0.4, 0.5) is 0 Å². The molecule has 2 saturated carbocycles. The molecule has 0 aromatic carbocycles. The Morgan fingerprint density at radius 2 is 2.00 bits per heavy atom. The van der Waals surface area contributed by atoms with Crippen molar-refractivity contribution < 1.29 is 9.59 Å². The lowest BCUT2D eigenvalue weighted by Gasteiger charge is -2.20. The number of carbonyl (C=O) groups is 2. The molecular weight excluding hydrogens is 218 g/mol. The molecule has 5 heteroatoms. The third-order valence-corrected chi connectivity index (χ3v) is 3.52. The number of carbonyl (C=O) groups excluding carboxylic acids is 2. The standard InChI is InChI=1S/C12H21N3O2/c1-15(7-11(16)14-10-4-5-10)12(17)8-2-3-9(13)6-8/h8-10H,2-7,13H2,1H3,(H,14,16). The van der Waals surface area contributed by atoms with Crippen molar-refractivity contribution in [2.24, 2.45) is 11.7 Å². The first-order valence-electron chi connectivity index (χ1n) is 6.36. The molecule has 2 amide bonds. The SMILES string of the molecule is CN(CC(=O)NC1CC1)C(=O)C1CCC(N)C1. The molecule has 2 rings (SSSR count). The van der Waals surface area contributed by atoms with Gasteiger partial charge in [0, 0.05) is 25.0 Å². The van der Waals surface area contributed by atoms with Crippen molar-refractivity contribution in [2.45, 2.75) is 44.2 Å². The van der Waals surface area contributed by atoms with Crippen LogP contribution in [0.5, 0.6) is 0 Å². The summed E-state index contributed by atoms with van der Waals surface area (Å²) < 4.78 is 0. The second-order valence-corrected chi connectivity index (χ2v) is 5.31. The van der Waals surface area contributed by atoms with Crippen molar-refractivity contribution in [3.63, 3.8) is 0 Å². The maximum Gasteiger partial charge on any atom is 0.239 e. The lowest BCUT2D eigenvalue weighted by Crippen LogP contribution is -2.41. The van der Waals surface area contributed by atoms with Crippen LogP contribution in [0, 0.1) is 5.92 Å². The minimum atomic E-state index is -0.0503. The highest BCUT2D eigenvalue weighted by molar-refractivity contribution is 5.86. The molecule has 2 fully saturated rings. The van der Waals surface area contributed by atoms with E-state index in [1.165, 1.54) is 4.90 Å². The molecule has 0 bridgehead atoms. The van der Waals surface area contributed by atoms with Gasteiger partial charge in [-0.15, -0.1) is 0 Å². The summed E-state index contributed by atoms with van der Waals surface area (Å²) in [5.74, 6) is 0.0262. The van der Waals surface area contributed by atoms with Crippen molar-refractivity contribution in [1.82, 2.24) is 10.2 Å². The van der Waals surface area contributed by atoms with E-state index in [2.05, 4.69) is 5.32 Å². The summed E-state index contributed by atoms with van der Waals surface area (Å²) in [6.45, 7) is 0.168. The van der Waals surface area contributed by atoms with Crippen molar-refractivity contribution in [3.05, 3.63) is 0 Å². The van der Waals surface area contributed by atoms with E-state index in [1.807, 2.05) is 0 Å². The van der Waals surface area contributed by atoms with Gasteiger partial charge in [-0.05, 0) is 32.1 Å². The number of hydrogen-bond donors (Lipinski definition) is 2. The topological polar surface area (TPSA) is 75.4 Å². The molecular formula is C12H21N3O2. The molecule has 3 N–H and O–H groups in total. The fourth-order valence-electron chi connectivity index (χ4n) is 2.35. The first-order valence-corrected chi connectivity index (χ1v) is 6.36. The lowest BCUT2D eigenvalue weighted by molar-refractivity contribution is -0.137. The fraction of sp³-hybridized carbons (Fsp3) is 0.833. The van der Waals surface area contributed by atoms with Crippen LogP contribution in [-0.2, 0) is 9.59 Å². The predicted octanol–water partition coefficient (Wildman–Crippen LogP) is -0.149. The van der Waals surface area contributed by atoms with Crippen molar-refractivity contribution >= 4 is 11.8 Å². The number of nitrogens with two attached hydrogens (primary N) is 1. The van der Waals surface area contributed by atoms with E-state index in [0.29, 0.717) is 6.04 Å². The third kappa shape index (κ3) is 3.43. The Morgan fingerprint density at radius 1 is 1.29 bits per heavy atom. The molecule has 2 aliphatic rings. The molecule has 0 radical (unpaired) electrons. The summed E-state index contributed by atoms with van der Waals surface area (Å²) in [5.41, 5.74) is 5.79. The van der Waals surface area contributed by atoms with Crippen LogP contribution in [0.25, 0.3) is 0 Å². The van der Waals surface area contributed by atoms with Crippen LogP contribution in [0.1, 0.15) is 32.1 Å².